The number of amides is 10. The van der Waals surface area contributed by atoms with Crippen LogP contribution in [0.2, 0.25) is 0 Å². The van der Waals surface area contributed by atoms with Gasteiger partial charge < -0.3 is 63.1 Å². The zero-order valence-electron chi connectivity index (χ0n) is 44.8. The molecule has 3 fully saturated rings. The fourth-order valence-corrected chi connectivity index (χ4v) is 11.6. The van der Waals surface area contributed by atoms with Crippen LogP contribution in [-0.4, -0.2) is 152 Å². The van der Waals surface area contributed by atoms with Crippen molar-refractivity contribution in [1.82, 2.24) is 47.9 Å². The molecule has 3 heterocycles. The standard InChI is InChI=1S/C56H78N10O12S/c57-46(67)23-22-41-54(74)64-43(33-36-11-3-1-4-12-36)55(75)63-42(34-37-18-20-39(21-19-37)51(71)38-13-5-2-6-14-38)53(73)59-26-10-9-15-40(61-48(69)24-25-49(70)62-41)52(72)60-28-30-78-32-31-77-29-27-58-47(68)17-8-7-16-45-50-44(35-79-45)65-56(76)66-50/h2,5-6,13-14,18-21,24-25,36,40-45,50H,1,3-4,7-12,15-17,22-23,26-35H2,(H2,57,67)(H,58,68)(H,59,73)(H,60,72)(H,61,69)(H,62,70)(H,63,75)(H,64,74)(H2,65,66,76)/b25-24+/t40?,41-,42?,43?,44?,45?,50?/m0/s1. The smallest absolute Gasteiger partial charge is 0.315 e. The van der Waals surface area contributed by atoms with Crippen LogP contribution in [0.25, 0.3) is 0 Å². The van der Waals surface area contributed by atoms with E-state index in [1.54, 1.807) is 48.5 Å². The molecule has 2 saturated heterocycles. The minimum Gasteiger partial charge on any atom is -0.377 e. The molecule has 79 heavy (non-hydrogen) atoms. The van der Waals surface area contributed by atoms with Gasteiger partial charge in [0.25, 0.3) is 0 Å². The molecule has 2 aromatic rings. The van der Waals surface area contributed by atoms with E-state index in [0.717, 1.165) is 69.3 Å². The van der Waals surface area contributed by atoms with Crippen molar-refractivity contribution in [2.45, 2.75) is 144 Å². The van der Waals surface area contributed by atoms with Gasteiger partial charge in [0.15, 0.2) is 5.78 Å². The van der Waals surface area contributed by atoms with Crippen LogP contribution in [0.3, 0.4) is 0 Å². The Morgan fingerprint density at radius 3 is 2.00 bits per heavy atom. The Bertz CT molecular complexity index is 2420. The summed E-state index contributed by atoms with van der Waals surface area (Å²) >= 11 is 1.85. The van der Waals surface area contributed by atoms with E-state index in [4.69, 9.17) is 15.2 Å². The number of benzene rings is 2. The summed E-state index contributed by atoms with van der Waals surface area (Å²) < 4.78 is 11.2. The molecule has 0 bridgehead atoms. The number of primary amides is 1. The topological polar surface area (TPSA) is 323 Å². The van der Waals surface area contributed by atoms with Crippen molar-refractivity contribution in [2.24, 2.45) is 11.7 Å². The molecule has 22 nitrogen and oxygen atoms in total. The molecule has 430 valence electrons. The highest BCUT2D eigenvalue weighted by Gasteiger charge is 2.42. The van der Waals surface area contributed by atoms with Gasteiger partial charge in [-0.25, -0.2) is 4.79 Å². The summed E-state index contributed by atoms with van der Waals surface area (Å²) in [4.78, 5) is 131. The van der Waals surface area contributed by atoms with Gasteiger partial charge >= 0.3 is 6.03 Å². The molecule has 1 aliphatic carbocycles. The Balaban J connectivity index is 1.01. The third-order valence-electron chi connectivity index (χ3n) is 14.4. The zero-order chi connectivity index (χ0) is 56.4. The fourth-order valence-electron chi connectivity index (χ4n) is 10.1. The predicted octanol–water partition coefficient (Wildman–Crippen LogP) is 1.48. The van der Waals surface area contributed by atoms with E-state index >= 15 is 0 Å². The molecule has 10 amide bonds. The van der Waals surface area contributed by atoms with Crippen molar-refractivity contribution in [3.63, 3.8) is 0 Å². The van der Waals surface area contributed by atoms with Gasteiger partial charge in [-0.3, -0.25) is 43.2 Å². The van der Waals surface area contributed by atoms with Crippen molar-refractivity contribution in [1.29, 1.82) is 0 Å². The van der Waals surface area contributed by atoms with E-state index in [0.29, 0.717) is 54.4 Å². The molecule has 0 spiro atoms. The SMILES string of the molecule is NC(=O)CC[C@@H]1NC(=O)/C=C/C(=O)NC(C(=O)NCCOCCOCCNC(=O)CCCCC2SCC3NC(=O)NC32)CCCCNC(=O)C(Cc2ccc(C(=O)c3ccccc3)cc2)NC(=O)C(CC2CCCCC2)NC1=O. The third-order valence-corrected chi connectivity index (χ3v) is 15.9. The number of fused-ring (bicyclic) bond motifs is 1. The van der Waals surface area contributed by atoms with E-state index in [2.05, 4.69) is 47.9 Å². The molecule has 0 radical (unpaired) electrons. The Morgan fingerprint density at radius 1 is 0.620 bits per heavy atom. The van der Waals surface area contributed by atoms with E-state index in [-0.39, 0.29) is 101 Å². The highest BCUT2D eigenvalue weighted by atomic mass is 32.2. The van der Waals surface area contributed by atoms with Crippen LogP contribution < -0.4 is 53.6 Å². The Kier molecular flexibility index (Phi) is 25.6. The molecule has 6 rings (SSSR count). The van der Waals surface area contributed by atoms with Gasteiger partial charge in [0.1, 0.15) is 24.2 Å². The van der Waals surface area contributed by atoms with Crippen molar-refractivity contribution < 1.29 is 57.4 Å². The first kappa shape index (κ1) is 61.4. The number of ether oxygens (including phenoxy) is 2. The minimum absolute atomic E-state index is 0.0289. The summed E-state index contributed by atoms with van der Waals surface area (Å²) in [5.41, 5.74) is 7.04. The maximum absolute atomic E-state index is 14.4. The average molecular weight is 1120 g/mol. The summed E-state index contributed by atoms with van der Waals surface area (Å²) in [5.74, 6) is -4.05. The van der Waals surface area contributed by atoms with Crippen molar-refractivity contribution >= 4 is 70.8 Å². The molecule has 0 aromatic heterocycles. The lowest BCUT2D eigenvalue weighted by atomic mass is 9.84. The second-order valence-corrected chi connectivity index (χ2v) is 21.7. The lowest BCUT2D eigenvalue weighted by Gasteiger charge is -2.29. The van der Waals surface area contributed by atoms with Crippen molar-refractivity contribution in [3.8, 4) is 0 Å². The summed E-state index contributed by atoms with van der Waals surface area (Å²) in [5, 5.41) is 25.6. The van der Waals surface area contributed by atoms with Crippen LogP contribution >= 0.6 is 11.8 Å². The van der Waals surface area contributed by atoms with E-state index < -0.39 is 65.5 Å². The second kappa shape index (κ2) is 32.9. The first-order chi connectivity index (χ1) is 38.2. The van der Waals surface area contributed by atoms with Gasteiger partial charge in [-0.2, -0.15) is 11.8 Å². The summed E-state index contributed by atoms with van der Waals surface area (Å²) in [6.45, 7) is 1.47. The van der Waals surface area contributed by atoms with Crippen molar-refractivity contribution in [2.75, 3.05) is 51.8 Å². The third kappa shape index (κ3) is 21.4. The normalized spacial score (nSPS) is 24.0. The Morgan fingerprint density at radius 2 is 1.28 bits per heavy atom. The van der Waals surface area contributed by atoms with Crippen LogP contribution in [0.4, 0.5) is 4.79 Å². The second-order valence-electron chi connectivity index (χ2n) is 20.4. The van der Waals surface area contributed by atoms with Crippen LogP contribution in [0, 0.1) is 5.92 Å². The number of carbonyl (C=O) groups is 10. The molecular formula is C56H78N10O12S. The number of nitrogens with two attached hydrogens (primary N) is 1. The highest BCUT2D eigenvalue weighted by Crippen LogP contribution is 2.33. The number of urea groups is 1. The largest absolute Gasteiger partial charge is 0.377 e. The number of nitrogens with one attached hydrogen (secondary N) is 9. The molecule has 2 aromatic carbocycles. The van der Waals surface area contributed by atoms with Crippen LogP contribution in [0.5, 0.6) is 0 Å². The number of ketones is 1. The number of hydrogen-bond donors (Lipinski definition) is 10. The average Bonchev–Trinajstić information content (AvgIpc) is 4.03. The summed E-state index contributed by atoms with van der Waals surface area (Å²) in [6, 6.07) is 11.1. The Hall–Kier alpha value is -6.85. The molecular weight excluding hydrogens is 1040 g/mol. The monoisotopic (exact) mass is 1110 g/mol. The van der Waals surface area contributed by atoms with Crippen LogP contribution in [-0.2, 0) is 54.3 Å². The van der Waals surface area contributed by atoms with Crippen molar-refractivity contribution in [3.05, 3.63) is 83.4 Å². The number of hydrogen-bond acceptors (Lipinski definition) is 13. The quantitative estimate of drug-likeness (QED) is 0.0405. The lowest BCUT2D eigenvalue weighted by Crippen LogP contribution is -2.57. The highest BCUT2D eigenvalue weighted by molar-refractivity contribution is 8.00. The summed E-state index contributed by atoms with van der Waals surface area (Å²) in [7, 11) is 0. The van der Waals surface area contributed by atoms with Gasteiger partial charge in [-0.05, 0) is 56.4 Å². The first-order valence-corrected chi connectivity index (χ1v) is 28.8. The number of unbranched alkanes of at least 4 members (excludes halogenated alkanes) is 1. The van der Waals surface area contributed by atoms with Gasteiger partial charge in [0.05, 0.1) is 38.5 Å². The summed E-state index contributed by atoms with van der Waals surface area (Å²) in [6.07, 6.45) is 10.1. The van der Waals surface area contributed by atoms with Gasteiger partial charge in [-0.15, -0.1) is 0 Å². The van der Waals surface area contributed by atoms with Crippen LogP contribution in [0.15, 0.2) is 66.7 Å². The van der Waals surface area contributed by atoms with E-state index in [1.807, 2.05) is 17.8 Å². The lowest BCUT2D eigenvalue weighted by molar-refractivity contribution is -0.134. The van der Waals surface area contributed by atoms with Gasteiger partial charge in [-0.1, -0.05) is 93.1 Å². The minimum atomic E-state index is -1.35. The molecule has 23 heteroatoms. The molecule has 4 aliphatic rings. The van der Waals surface area contributed by atoms with Crippen LogP contribution in [0.1, 0.15) is 118 Å². The first-order valence-electron chi connectivity index (χ1n) is 27.8. The molecule has 3 aliphatic heterocycles. The Labute approximate surface area is 465 Å². The molecule has 11 N–H and O–H groups in total. The zero-order valence-corrected chi connectivity index (χ0v) is 45.6. The van der Waals surface area contributed by atoms with Gasteiger partial charge in [0.2, 0.25) is 47.3 Å². The fraction of sp³-hybridized carbons (Fsp3) is 0.571. The van der Waals surface area contributed by atoms with Gasteiger partial charge in [0, 0.05) is 73.2 Å². The maximum Gasteiger partial charge on any atom is 0.315 e. The number of carbonyl (C=O) groups excluding carboxylic acids is 10. The molecule has 7 atom stereocenters. The molecule has 1 saturated carbocycles. The number of rotatable bonds is 24. The number of thioether (sulfide) groups is 1. The maximum atomic E-state index is 14.4. The molecule has 6 unspecified atom stereocenters. The predicted molar refractivity (Wildman–Crippen MR) is 295 cm³/mol. The van der Waals surface area contributed by atoms with E-state index in [1.165, 1.54) is 0 Å². The van der Waals surface area contributed by atoms with E-state index in [9.17, 15) is 47.9 Å².